The summed E-state index contributed by atoms with van der Waals surface area (Å²) < 4.78 is 5.83. The normalized spacial score (nSPS) is 18.5. The number of carbonyl (C=O) groups is 1. The largest absolute Gasteiger partial charge is 0.370 e. The van der Waals surface area contributed by atoms with E-state index in [1.807, 2.05) is 30.0 Å². The van der Waals surface area contributed by atoms with Crippen LogP contribution in [0.3, 0.4) is 0 Å². The molecule has 1 fully saturated rings. The lowest BCUT2D eigenvalue weighted by Crippen LogP contribution is -2.42. The molecule has 3 heterocycles. The molecule has 0 N–H and O–H groups in total. The number of aromatic nitrogens is 1. The Bertz CT molecular complexity index is 668. The summed E-state index contributed by atoms with van der Waals surface area (Å²) in [5.41, 5.74) is 2.07. The number of rotatable bonds is 3. The minimum atomic E-state index is -0.0514. The fraction of sp³-hybridized carbons (Fsp3) is 0.412. The maximum atomic E-state index is 12.5. The number of hydrogen-bond acceptors (Lipinski definition) is 4. The van der Waals surface area contributed by atoms with Crippen molar-refractivity contribution in [2.24, 2.45) is 0 Å². The van der Waals surface area contributed by atoms with Crippen LogP contribution in [0.2, 0.25) is 0 Å². The lowest BCUT2D eigenvalue weighted by atomic mass is 10.1. The first-order chi connectivity index (χ1) is 10.6. The van der Waals surface area contributed by atoms with Crippen molar-refractivity contribution in [3.63, 3.8) is 0 Å². The third-order valence-corrected chi connectivity index (χ3v) is 4.83. The number of nitrogens with zero attached hydrogens (tertiary/aromatic N) is 2. The summed E-state index contributed by atoms with van der Waals surface area (Å²) in [7, 11) is 0. The second-order valence-electron chi connectivity index (χ2n) is 5.62. The third kappa shape index (κ3) is 3.54. The fourth-order valence-corrected chi connectivity index (χ4v) is 3.57. The molecule has 3 rings (SSSR count). The van der Waals surface area contributed by atoms with E-state index in [9.17, 15) is 4.79 Å². The standard InChI is InChI=1S/C17H20N2O2S/c1-12-9-14(5-6-18-12)16-11-19(7-8-21-16)17(20)10-15-4-3-13(2)22-15/h3-6,9,16H,7-8,10-11H2,1-2H3/t16-/m0/s1. The summed E-state index contributed by atoms with van der Waals surface area (Å²) in [4.78, 5) is 21.0. The van der Waals surface area contributed by atoms with E-state index < -0.39 is 0 Å². The Hall–Kier alpha value is -1.72. The van der Waals surface area contributed by atoms with Crippen LogP contribution in [0.4, 0.5) is 0 Å². The number of thiophene rings is 1. The van der Waals surface area contributed by atoms with E-state index >= 15 is 0 Å². The van der Waals surface area contributed by atoms with E-state index in [2.05, 4.69) is 18.0 Å². The van der Waals surface area contributed by atoms with Gasteiger partial charge in [0.1, 0.15) is 6.10 Å². The van der Waals surface area contributed by atoms with Crippen LogP contribution in [0, 0.1) is 13.8 Å². The van der Waals surface area contributed by atoms with E-state index in [4.69, 9.17) is 4.74 Å². The Labute approximate surface area is 134 Å². The molecule has 0 aliphatic carbocycles. The van der Waals surface area contributed by atoms with Gasteiger partial charge in [0.15, 0.2) is 0 Å². The van der Waals surface area contributed by atoms with Crippen LogP contribution in [0.25, 0.3) is 0 Å². The third-order valence-electron chi connectivity index (χ3n) is 3.83. The maximum Gasteiger partial charge on any atom is 0.228 e. The molecule has 1 aliphatic heterocycles. The monoisotopic (exact) mass is 316 g/mol. The molecule has 1 aliphatic rings. The summed E-state index contributed by atoms with van der Waals surface area (Å²) in [5, 5.41) is 0. The van der Waals surface area contributed by atoms with Gasteiger partial charge in [-0.3, -0.25) is 9.78 Å². The number of pyridine rings is 1. The SMILES string of the molecule is Cc1cc([C@@H]2CN(C(=O)Cc3ccc(C)s3)CCO2)ccn1. The number of carbonyl (C=O) groups excluding carboxylic acids is 1. The summed E-state index contributed by atoms with van der Waals surface area (Å²) in [5.74, 6) is 0.181. The van der Waals surface area contributed by atoms with Gasteiger partial charge in [-0.2, -0.15) is 0 Å². The van der Waals surface area contributed by atoms with Gasteiger partial charge in [-0.1, -0.05) is 0 Å². The zero-order valence-corrected chi connectivity index (χ0v) is 13.7. The minimum Gasteiger partial charge on any atom is -0.370 e. The maximum absolute atomic E-state index is 12.5. The second-order valence-corrected chi connectivity index (χ2v) is 6.99. The van der Waals surface area contributed by atoms with Gasteiger partial charge in [0, 0.05) is 28.2 Å². The molecule has 0 unspecified atom stereocenters. The predicted octanol–water partition coefficient (Wildman–Crippen LogP) is 2.90. The van der Waals surface area contributed by atoms with Gasteiger partial charge in [0.25, 0.3) is 0 Å². The van der Waals surface area contributed by atoms with Crippen molar-refractivity contribution < 1.29 is 9.53 Å². The van der Waals surface area contributed by atoms with Crippen molar-refractivity contribution in [1.29, 1.82) is 0 Å². The molecule has 2 aromatic rings. The zero-order chi connectivity index (χ0) is 15.5. The number of aryl methyl sites for hydroxylation is 2. The van der Waals surface area contributed by atoms with Crippen molar-refractivity contribution in [2.45, 2.75) is 26.4 Å². The highest BCUT2D eigenvalue weighted by atomic mass is 32.1. The zero-order valence-electron chi connectivity index (χ0n) is 12.9. The molecule has 0 radical (unpaired) electrons. The van der Waals surface area contributed by atoms with Crippen molar-refractivity contribution in [3.8, 4) is 0 Å². The molecule has 1 atom stereocenters. The Balaban J connectivity index is 1.66. The van der Waals surface area contributed by atoms with Crippen LogP contribution in [0.5, 0.6) is 0 Å². The highest BCUT2D eigenvalue weighted by molar-refractivity contribution is 7.12. The molecule has 116 valence electrons. The van der Waals surface area contributed by atoms with Crippen molar-refractivity contribution in [3.05, 3.63) is 51.5 Å². The number of hydrogen-bond donors (Lipinski definition) is 0. The lowest BCUT2D eigenvalue weighted by Gasteiger charge is -2.33. The van der Waals surface area contributed by atoms with E-state index in [0.29, 0.717) is 26.1 Å². The van der Waals surface area contributed by atoms with Crippen LogP contribution in [-0.4, -0.2) is 35.5 Å². The van der Waals surface area contributed by atoms with Gasteiger partial charge in [-0.15, -0.1) is 11.3 Å². The van der Waals surface area contributed by atoms with Crippen LogP contribution < -0.4 is 0 Å². The van der Waals surface area contributed by atoms with Gasteiger partial charge < -0.3 is 9.64 Å². The molecule has 0 saturated carbocycles. The first-order valence-corrected chi connectivity index (χ1v) is 8.31. The predicted molar refractivity (Wildman–Crippen MR) is 87.0 cm³/mol. The van der Waals surface area contributed by atoms with Crippen LogP contribution >= 0.6 is 11.3 Å². The summed E-state index contributed by atoms with van der Waals surface area (Å²) in [6.45, 7) is 5.90. The molecule has 1 saturated heterocycles. The molecule has 0 aromatic carbocycles. The molecular formula is C17H20N2O2S. The fourth-order valence-electron chi connectivity index (χ4n) is 2.69. The number of morpholine rings is 1. The van der Waals surface area contributed by atoms with Crippen molar-refractivity contribution >= 4 is 17.2 Å². The summed E-state index contributed by atoms with van der Waals surface area (Å²) in [6.07, 6.45) is 2.23. The van der Waals surface area contributed by atoms with Gasteiger partial charge >= 0.3 is 0 Å². The minimum absolute atomic E-state index is 0.0514. The average Bonchev–Trinajstić information content (AvgIpc) is 2.92. The van der Waals surface area contributed by atoms with E-state index in [1.165, 1.54) is 4.88 Å². The lowest BCUT2D eigenvalue weighted by molar-refractivity contribution is -0.138. The average molecular weight is 316 g/mol. The van der Waals surface area contributed by atoms with Gasteiger partial charge in [0.05, 0.1) is 19.6 Å². The van der Waals surface area contributed by atoms with E-state index in [0.717, 1.165) is 16.1 Å². The second kappa shape index (κ2) is 6.58. The Morgan fingerprint density at radius 2 is 2.27 bits per heavy atom. The van der Waals surface area contributed by atoms with Gasteiger partial charge in [-0.25, -0.2) is 0 Å². The molecule has 4 nitrogen and oxygen atoms in total. The summed E-state index contributed by atoms with van der Waals surface area (Å²) in [6, 6.07) is 8.10. The topological polar surface area (TPSA) is 42.4 Å². The molecule has 5 heteroatoms. The Morgan fingerprint density at radius 1 is 1.41 bits per heavy atom. The van der Waals surface area contributed by atoms with Gasteiger partial charge in [0.2, 0.25) is 5.91 Å². The first kappa shape index (κ1) is 15.2. The first-order valence-electron chi connectivity index (χ1n) is 7.49. The highest BCUT2D eigenvalue weighted by Crippen LogP contribution is 2.23. The van der Waals surface area contributed by atoms with E-state index in [1.54, 1.807) is 17.5 Å². The molecule has 0 spiro atoms. The molecular weight excluding hydrogens is 296 g/mol. The molecule has 2 aromatic heterocycles. The van der Waals surface area contributed by atoms with Crippen molar-refractivity contribution in [1.82, 2.24) is 9.88 Å². The molecule has 0 bridgehead atoms. The van der Waals surface area contributed by atoms with Crippen molar-refractivity contribution in [2.75, 3.05) is 19.7 Å². The summed E-state index contributed by atoms with van der Waals surface area (Å²) >= 11 is 1.69. The Morgan fingerprint density at radius 3 is 3.00 bits per heavy atom. The molecule has 1 amide bonds. The van der Waals surface area contributed by atoms with Crippen LogP contribution in [-0.2, 0) is 16.0 Å². The number of ether oxygens (including phenoxy) is 1. The van der Waals surface area contributed by atoms with Gasteiger partial charge in [-0.05, 0) is 43.7 Å². The quantitative estimate of drug-likeness (QED) is 0.874. The highest BCUT2D eigenvalue weighted by Gasteiger charge is 2.25. The van der Waals surface area contributed by atoms with Crippen LogP contribution in [0.1, 0.15) is 27.1 Å². The molecule has 22 heavy (non-hydrogen) atoms. The smallest absolute Gasteiger partial charge is 0.228 e. The van der Waals surface area contributed by atoms with E-state index in [-0.39, 0.29) is 12.0 Å². The Kier molecular flexibility index (Phi) is 4.55. The number of amides is 1. The van der Waals surface area contributed by atoms with Crippen LogP contribution in [0.15, 0.2) is 30.5 Å².